The summed E-state index contributed by atoms with van der Waals surface area (Å²) in [7, 11) is -3.79. The zero-order valence-corrected chi connectivity index (χ0v) is 18.2. The second-order valence-corrected chi connectivity index (χ2v) is 10.3. The predicted octanol–water partition coefficient (Wildman–Crippen LogP) is 2.24. The number of anilines is 1. The van der Waals surface area contributed by atoms with E-state index in [4.69, 9.17) is 9.15 Å². The number of carbonyl (C=O) groups is 1. The molecule has 162 valence electrons. The molecule has 0 unspecified atom stereocenters. The van der Waals surface area contributed by atoms with E-state index in [2.05, 4.69) is 10.2 Å². The van der Waals surface area contributed by atoms with Crippen LogP contribution in [0.4, 0.5) is 5.69 Å². The third-order valence-electron chi connectivity index (χ3n) is 5.13. The van der Waals surface area contributed by atoms with Crippen LogP contribution in [0.1, 0.15) is 12.2 Å². The minimum absolute atomic E-state index is 0.101. The van der Waals surface area contributed by atoms with Gasteiger partial charge in [-0.1, -0.05) is 0 Å². The van der Waals surface area contributed by atoms with Gasteiger partial charge in [0, 0.05) is 43.2 Å². The topological polar surface area (TPSA) is 92.1 Å². The Kier molecular flexibility index (Phi) is 6.79. The van der Waals surface area contributed by atoms with Gasteiger partial charge in [0.05, 0.1) is 36.6 Å². The lowest BCUT2D eigenvalue weighted by Gasteiger charge is -2.29. The maximum absolute atomic E-state index is 13.5. The molecule has 1 amide bonds. The van der Waals surface area contributed by atoms with Gasteiger partial charge in [0.1, 0.15) is 5.76 Å². The van der Waals surface area contributed by atoms with Crippen molar-refractivity contribution in [1.82, 2.24) is 9.21 Å². The number of thioether (sulfide) groups is 1. The fourth-order valence-electron chi connectivity index (χ4n) is 3.45. The van der Waals surface area contributed by atoms with Crippen molar-refractivity contribution in [3.63, 3.8) is 0 Å². The van der Waals surface area contributed by atoms with E-state index in [1.54, 1.807) is 42.1 Å². The summed E-state index contributed by atoms with van der Waals surface area (Å²) < 4.78 is 39.2. The highest BCUT2D eigenvalue weighted by atomic mass is 32.2. The van der Waals surface area contributed by atoms with Crippen LogP contribution in [0.2, 0.25) is 0 Å². The van der Waals surface area contributed by atoms with Gasteiger partial charge >= 0.3 is 0 Å². The molecule has 1 saturated heterocycles. The highest BCUT2D eigenvalue weighted by molar-refractivity contribution is 7.99. The number of nitrogens with zero attached hydrogens (tertiary/aromatic N) is 2. The Morgan fingerprint density at radius 2 is 2.03 bits per heavy atom. The van der Waals surface area contributed by atoms with Crippen LogP contribution in [0.15, 0.2) is 50.8 Å². The maximum atomic E-state index is 13.5. The van der Waals surface area contributed by atoms with Gasteiger partial charge < -0.3 is 14.5 Å². The van der Waals surface area contributed by atoms with Crippen LogP contribution < -0.4 is 5.32 Å². The molecule has 10 heteroatoms. The first-order valence-corrected chi connectivity index (χ1v) is 12.3. The molecule has 3 heterocycles. The van der Waals surface area contributed by atoms with E-state index in [1.807, 2.05) is 0 Å². The number of nitrogens with one attached hydrogen (secondary N) is 1. The lowest BCUT2D eigenvalue weighted by Crippen LogP contribution is -2.42. The van der Waals surface area contributed by atoms with E-state index in [1.165, 1.54) is 10.6 Å². The lowest BCUT2D eigenvalue weighted by molar-refractivity contribution is -0.115. The first kappa shape index (κ1) is 21.4. The van der Waals surface area contributed by atoms with E-state index < -0.39 is 10.0 Å². The largest absolute Gasteiger partial charge is 0.468 e. The maximum Gasteiger partial charge on any atom is 0.243 e. The van der Waals surface area contributed by atoms with Crippen LogP contribution >= 0.6 is 11.8 Å². The quantitative estimate of drug-likeness (QED) is 0.690. The number of hydrogen-bond donors (Lipinski definition) is 1. The van der Waals surface area contributed by atoms with Crippen molar-refractivity contribution in [2.24, 2.45) is 0 Å². The molecule has 0 radical (unpaired) electrons. The lowest BCUT2D eigenvalue weighted by atomic mass is 10.3. The zero-order chi connectivity index (χ0) is 21.0. The molecular weight excluding hydrogens is 426 g/mol. The van der Waals surface area contributed by atoms with Crippen LogP contribution in [-0.2, 0) is 26.1 Å². The summed E-state index contributed by atoms with van der Waals surface area (Å²) in [5.74, 6) is 1.16. The summed E-state index contributed by atoms with van der Waals surface area (Å²) in [5, 5.41) is 2.82. The van der Waals surface area contributed by atoms with Crippen molar-refractivity contribution in [2.75, 3.05) is 50.5 Å². The standard InChI is InChI=1S/C20H25N3O5S2/c24-20-5-13-29-19-4-3-17(14-18(19)21-20)30(25,26)23(15-16-2-1-10-28-16)7-6-22-8-11-27-12-9-22/h1-4,10,14H,5-9,11-13,15H2,(H,21,24). The SMILES string of the molecule is O=C1CCSc2ccc(S(=O)(=O)N(CCN3CCOCC3)Cc3ccco3)cc2N1. The molecule has 0 aliphatic carbocycles. The molecule has 1 N–H and O–H groups in total. The summed E-state index contributed by atoms with van der Waals surface area (Å²) in [4.78, 5) is 15.2. The van der Waals surface area contributed by atoms with Crippen molar-refractivity contribution in [3.8, 4) is 0 Å². The van der Waals surface area contributed by atoms with E-state index in [0.29, 0.717) is 49.9 Å². The zero-order valence-electron chi connectivity index (χ0n) is 16.6. The molecule has 1 aromatic heterocycles. The number of furan rings is 1. The monoisotopic (exact) mass is 451 g/mol. The first-order chi connectivity index (χ1) is 14.5. The van der Waals surface area contributed by atoms with Crippen molar-refractivity contribution < 1.29 is 22.4 Å². The fraction of sp³-hybridized carbons (Fsp3) is 0.450. The summed E-state index contributed by atoms with van der Waals surface area (Å²) >= 11 is 1.55. The minimum atomic E-state index is -3.79. The predicted molar refractivity (Wildman–Crippen MR) is 114 cm³/mol. The van der Waals surface area contributed by atoms with E-state index >= 15 is 0 Å². The smallest absolute Gasteiger partial charge is 0.243 e. The number of carbonyl (C=O) groups excluding carboxylic acids is 1. The van der Waals surface area contributed by atoms with E-state index in [9.17, 15) is 13.2 Å². The normalized spacial score (nSPS) is 18.1. The van der Waals surface area contributed by atoms with Crippen molar-refractivity contribution in [2.45, 2.75) is 22.8 Å². The number of sulfonamides is 1. The van der Waals surface area contributed by atoms with Crippen LogP contribution in [0, 0.1) is 0 Å². The van der Waals surface area contributed by atoms with Crippen molar-refractivity contribution in [1.29, 1.82) is 0 Å². The summed E-state index contributed by atoms with van der Waals surface area (Å²) in [6.45, 7) is 3.99. The molecule has 0 saturated carbocycles. The second-order valence-electron chi connectivity index (χ2n) is 7.18. The Labute approximate surface area is 180 Å². The molecule has 2 aliphatic heterocycles. The van der Waals surface area contributed by atoms with Gasteiger partial charge in [0.2, 0.25) is 15.9 Å². The van der Waals surface area contributed by atoms with E-state index in [0.717, 1.165) is 18.0 Å². The molecule has 1 aromatic carbocycles. The number of fused-ring (bicyclic) bond motifs is 1. The number of amides is 1. The third kappa shape index (κ3) is 5.06. The Balaban J connectivity index is 1.58. The second kappa shape index (κ2) is 9.52. The van der Waals surface area contributed by atoms with Crippen LogP contribution in [0.3, 0.4) is 0 Å². The number of rotatable bonds is 7. The van der Waals surface area contributed by atoms with E-state index in [-0.39, 0.29) is 17.3 Å². The number of ether oxygens (including phenoxy) is 1. The van der Waals surface area contributed by atoms with Gasteiger partial charge in [-0.05, 0) is 30.3 Å². The van der Waals surface area contributed by atoms with Gasteiger partial charge in [-0.2, -0.15) is 4.31 Å². The van der Waals surface area contributed by atoms with Gasteiger partial charge in [0.25, 0.3) is 0 Å². The fourth-order valence-corrected chi connectivity index (χ4v) is 5.81. The van der Waals surface area contributed by atoms with Crippen LogP contribution in [-0.4, -0.2) is 68.7 Å². The summed E-state index contributed by atoms with van der Waals surface area (Å²) in [5.41, 5.74) is 0.551. The number of benzene rings is 1. The Hall–Kier alpha value is -1.85. The van der Waals surface area contributed by atoms with Gasteiger partial charge in [0.15, 0.2) is 0 Å². The molecule has 4 rings (SSSR count). The van der Waals surface area contributed by atoms with Gasteiger partial charge in [-0.25, -0.2) is 8.42 Å². The molecule has 8 nitrogen and oxygen atoms in total. The van der Waals surface area contributed by atoms with Crippen molar-refractivity contribution in [3.05, 3.63) is 42.4 Å². The molecule has 2 aromatic rings. The molecule has 0 bridgehead atoms. The molecular formula is C20H25N3O5S2. The van der Waals surface area contributed by atoms with Gasteiger partial charge in [-0.15, -0.1) is 11.8 Å². The average molecular weight is 452 g/mol. The number of morpholine rings is 1. The molecule has 2 aliphatic rings. The molecule has 1 fully saturated rings. The Bertz CT molecular complexity index is 972. The molecule has 0 atom stereocenters. The summed E-state index contributed by atoms with van der Waals surface area (Å²) in [6, 6.07) is 8.46. The molecule has 30 heavy (non-hydrogen) atoms. The van der Waals surface area contributed by atoms with Crippen molar-refractivity contribution >= 4 is 33.4 Å². The number of hydrogen-bond acceptors (Lipinski definition) is 7. The first-order valence-electron chi connectivity index (χ1n) is 9.92. The minimum Gasteiger partial charge on any atom is -0.468 e. The average Bonchev–Trinajstić information content (AvgIpc) is 3.18. The highest BCUT2D eigenvalue weighted by Gasteiger charge is 2.28. The third-order valence-corrected chi connectivity index (χ3v) is 8.05. The van der Waals surface area contributed by atoms with Gasteiger partial charge in [-0.3, -0.25) is 9.69 Å². The van der Waals surface area contributed by atoms with Crippen LogP contribution in [0.25, 0.3) is 0 Å². The molecule has 0 spiro atoms. The Morgan fingerprint density at radius 3 is 2.80 bits per heavy atom. The van der Waals surface area contributed by atoms with Crippen LogP contribution in [0.5, 0.6) is 0 Å². The highest BCUT2D eigenvalue weighted by Crippen LogP contribution is 2.33. The Morgan fingerprint density at radius 1 is 1.20 bits per heavy atom. The summed E-state index contributed by atoms with van der Waals surface area (Å²) in [6.07, 6.45) is 1.95.